The number of alkyl halides is 3. The lowest BCUT2D eigenvalue weighted by atomic mass is 10.6. The van der Waals surface area contributed by atoms with Crippen molar-refractivity contribution in [1.29, 1.82) is 0 Å². The molecule has 0 amide bonds. The van der Waals surface area contributed by atoms with E-state index in [1.54, 1.807) is 0 Å². The summed E-state index contributed by atoms with van der Waals surface area (Å²) in [5, 5.41) is 9.12. The van der Waals surface area contributed by atoms with Gasteiger partial charge in [-0.25, -0.2) is 0 Å². The van der Waals surface area contributed by atoms with Gasteiger partial charge in [0, 0.05) is 14.2 Å². The summed E-state index contributed by atoms with van der Waals surface area (Å²) in [4.78, 5) is 0. The van der Waals surface area contributed by atoms with Crippen molar-refractivity contribution in [3.8, 4) is 11.1 Å². The summed E-state index contributed by atoms with van der Waals surface area (Å²) in [6.07, 6.45) is 0. The van der Waals surface area contributed by atoms with E-state index in [0.717, 1.165) is 14.2 Å². The van der Waals surface area contributed by atoms with Gasteiger partial charge in [-0.05, 0) is 17.2 Å². The van der Waals surface area contributed by atoms with Crippen LogP contribution in [0.5, 0.6) is 0 Å². The summed E-state index contributed by atoms with van der Waals surface area (Å²) in [6.45, 7) is 0. The predicted molar refractivity (Wildman–Crippen MR) is 64.7 cm³/mol. The number of hydrogen-bond acceptors (Lipinski definition) is 3. The van der Waals surface area contributed by atoms with E-state index in [1.807, 2.05) is 0 Å². The lowest BCUT2D eigenvalue weighted by Gasteiger charge is -2.30. The molecule has 2 rings (SSSR count). The number of hydrogen-bond donors (Lipinski definition) is 1. The van der Waals surface area contributed by atoms with Gasteiger partial charge in [-0.15, -0.1) is 0 Å². The second kappa shape index (κ2) is 5.08. The summed E-state index contributed by atoms with van der Waals surface area (Å²) < 4.78 is 6.76. The third-order valence-corrected chi connectivity index (χ3v) is 2.74. The maximum atomic E-state index is 9.12. The molecule has 0 radical (unpaired) electrons. The number of ether oxygens (including phenoxy) is 2. The zero-order chi connectivity index (χ0) is 12.4. The Morgan fingerprint density at radius 3 is 1.56 bits per heavy atom. The Bertz CT molecular complexity index is 341. The van der Waals surface area contributed by atoms with E-state index in [-0.39, 0.29) is 0 Å². The van der Waals surface area contributed by atoms with E-state index in [2.05, 4.69) is 33.7 Å². The Morgan fingerprint density at radius 1 is 1.06 bits per heavy atom. The van der Waals surface area contributed by atoms with Crippen LogP contribution in [0.2, 0.25) is 0 Å². The topological polar surface area (TPSA) is 38.7 Å². The van der Waals surface area contributed by atoms with Crippen LogP contribution < -0.4 is 0 Å². The molecule has 0 aromatic heterocycles. The van der Waals surface area contributed by atoms with Crippen LogP contribution in [0, 0.1) is 0 Å². The number of aliphatic hydroxyl groups is 1. The van der Waals surface area contributed by atoms with E-state index in [4.69, 9.17) is 39.9 Å². The fraction of sp³-hybridized carbons (Fsp3) is 0.400. The second-order valence-corrected chi connectivity index (χ2v) is 5.35. The molecule has 6 heteroatoms. The molecule has 1 N–H and O–H groups in total. The van der Waals surface area contributed by atoms with Crippen LogP contribution in [0.1, 0.15) is 0 Å². The minimum Gasteiger partial charge on any atom is -0.340 e. The highest BCUT2D eigenvalue weighted by Gasteiger charge is 2.49. The minimum absolute atomic E-state index is 1.16. The van der Waals surface area contributed by atoms with Crippen LogP contribution in [0.25, 0.3) is 11.1 Å². The Kier molecular flexibility index (Phi) is 4.46. The molecule has 0 atom stereocenters. The highest BCUT2D eigenvalue weighted by molar-refractivity contribution is 6.68. The van der Waals surface area contributed by atoms with Crippen molar-refractivity contribution in [2.75, 3.05) is 14.2 Å². The molecule has 0 spiro atoms. The van der Waals surface area contributed by atoms with E-state index < -0.39 is 9.77 Å². The van der Waals surface area contributed by atoms with Gasteiger partial charge in [0.1, 0.15) is 0 Å². The van der Waals surface area contributed by atoms with Crippen LogP contribution in [-0.2, 0) is 9.47 Å². The van der Waals surface area contributed by atoms with E-state index in [9.17, 15) is 0 Å². The molecule has 2 aliphatic carbocycles. The fourth-order valence-corrected chi connectivity index (χ4v) is 1.45. The number of benzene rings is 1. The van der Waals surface area contributed by atoms with Crippen molar-refractivity contribution in [2.45, 2.75) is 9.77 Å². The number of fused-ring (bicyclic) bond motifs is 1. The van der Waals surface area contributed by atoms with Gasteiger partial charge in [-0.1, -0.05) is 53.0 Å². The second-order valence-electron chi connectivity index (χ2n) is 3.07. The molecule has 0 aromatic rings. The van der Waals surface area contributed by atoms with E-state index in [0.29, 0.717) is 0 Å². The highest BCUT2D eigenvalue weighted by atomic mass is 35.6. The molecule has 16 heavy (non-hydrogen) atoms. The van der Waals surface area contributed by atoms with Crippen molar-refractivity contribution in [3.63, 3.8) is 0 Å². The number of rotatable bonds is 2. The van der Waals surface area contributed by atoms with Gasteiger partial charge in [0.15, 0.2) is 0 Å². The minimum atomic E-state index is -2.18. The third kappa shape index (κ3) is 3.23. The Morgan fingerprint density at radius 2 is 1.50 bits per heavy atom. The van der Waals surface area contributed by atoms with Crippen LogP contribution in [-0.4, -0.2) is 29.1 Å². The van der Waals surface area contributed by atoms with Gasteiger partial charge in [0.25, 0.3) is 3.79 Å². The summed E-state index contributed by atoms with van der Waals surface area (Å²) in [5.74, 6) is -2.18. The van der Waals surface area contributed by atoms with Crippen molar-refractivity contribution in [3.05, 3.63) is 24.3 Å². The molecule has 0 aliphatic heterocycles. The van der Waals surface area contributed by atoms with Crippen LogP contribution in [0.3, 0.4) is 0 Å². The molecule has 0 heterocycles. The Hall–Kier alpha value is -0.0300. The van der Waals surface area contributed by atoms with Gasteiger partial charge < -0.3 is 14.6 Å². The van der Waals surface area contributed by atoms with Gasteiger partial charge >= 0.3 is 5.97 Å². The van der Waals surface area contributed by atoms with Crippen molar-refractivity contribution < 1.29 is 14.6 Å². The molecular formula is C10H11Cl3O3. The van der Waals surface area contributed by atoms with Crippen LogP contribution in [0.15, 0.2) is 24.3 Å². The zero-order valence-electron chi connectivity index (χ0n) is 8.71. The molecule has 3 nitrogen and oxygen atoms in total. The van der Waals surface area contributed by atoms with Gasteiger partial charge in [-0.2, -0.15) is 0 Å². The van der Waals surface area contributed by atoms with Crippen LogP contribution in [0.4, 0.5) is 0 Å². The van der Waals surface area contributed by atoms with E-state index in [1.165, 1.54) is 11.1 Å². The van der Waals surface area contributed by atoms with Gasteiger partial charge in [-0.3, -0.25) is 0 Å². The predicted octanol–water partition coefficient (Wildman–Crippen LogP) is 2.96. The molecule has 2 aliphatic rings. The summed E-state index contributed by atoms with van der Waals surface area (Å²) in [7, 11) is 2.32. The third-order valence-electron chi connectivity index (χ3n) is 2.02. The van der Waals surface area contributed by atoms with Gasteiger partial charge in [0.05, 0.1) is 0 Å². The number of halogens is 3. The lowest BCUT2D eigenvalue weighted by molar-refractivity contribution is -0.336. The molecule has 90 valence electrons. The Balaban J connectivity index is 0.000000176. The van der Waals surface area contributed by atoms with Crippen LogP contribution >= 0.6 is 34.8 Å². The first-order valence-electron chi connectivity index (χ1n) is 4.34. The summed E-state index contributed by atoms with van der Waals surface area (Å²) in [6, 6.07) is 8.48. The molecule has 0 saturated carbocycles. The summed E-state index contributed by atoms with van der Waals surface area (Å²) >= 11 is 15.8. The monoisotopic (exact) mass is 284 g/mol. The molecular weight excluding hydrogens is 274 g/mol. The average Bonchev–Trinajstić information content (AvgIpc) is 2.84. The first-order chi connectivity index (χ1) is 7.34. The largest absolute Gasteiger partial charge is 0.340 e. The van der Waals surface area contributed by atoms with E-state index >= 15 is 0 Å². The maximum Gasteiger partial charge on any atom is 0.330 e. The normalized spacial score (nSPS) is 12.9. The Labute approximate surface area is 109 Å². The lowest BCUT2D eigenvalue weighted by Crippen LogP contribution is -2.46. The molecule has 0 bridgehead atoms. The molecule has 0 fully saturated rings. The maximum absolute atomic E-state index is 9.12. The standard InChI is InChI=1S/C6H4.C4H7Cl3O3/c1-2-5-4-6(5)3-1;1-9-4(8,10-2)3(5,6)7/h1-4H;8H,1-2H3. The van der Waals surface area contributed by atoms with Crippen molar-refractivity contribution in [2.24, 2.45) is 0 Å². The molecule has 0 saturated heterocycles. The van der Waals surface area contributed by atoms with Crippen molar-refractivity contribution in [1.82, 2.24) is 0 Å². The quantitative estimate of drug-likeness (QED) is 0.681. The highest BCUT2D eigenvalue weighted by Crippen LogP contribution is 2.38. The number of methoxy groups -OCH3 is 2. The molecule has 0 aromatic carbocycles. The average molecular weight is 286 g/mol. The first-order valence-corrected chi connectivity index (χ1v) is 5.47. The SMILES string of the molecule is COC(O)(OC)C(Cl)(Cl)Cl.c1cc2cc-2c1. The summed E-state index contributed by atoms with van der Waals surface area (Å²) in [5.41, 5.74) is 2.85. The smallest absolute Gasteiger partial charge is 0.330 e. The first kappa shape index (κ1) is 14.0. The fourth-order valence-electron chi connectivity index (χ4n) is 0.990. The van der Waals surface area contributed by atoms with Crippen molar-refractivity contribution >= 4 is 34.8 Å². The van der Waals surface area contributed by atoms with Gasteiger partial charge in [0.2, 0.25) is 0 Å². The zero-order valence-corrected chi connectivity index (χ0v) is 11.0. The molecule has 0 unspecified atom stereocenters.